The average Bonchev–Trinajstić information content (AvgIpc) is 2.27. The molecule has 4 nitrogen and oxygen atoms in total. The lowest BCUT2D eigenvalue weighted by atomic mass is 10.2. The molecule has 1 unspecified atom stereocenters. The number of carbonyl (C=O) groups is 1. The van der Waals surface area contributed by atoms with Gasteiger partial charge in [-0.15, -0.1) is 0 Å². The molecule has 0 heterocycles. The van der Waals surface area contributed by atoms with Crippen LogP contribution in [0.25, 0.3) is 0 Å². The third-order valence-electron chi connectivity index (χ3n) is 1.87. The Bertz CT molecular complexity index is 343. The minimum atomic E-state index is -0.742. The van der Waals surface area contributed by atoms with Crippen LogP contribution in [0, 0.1) is 0 Å². The van der Waals surface area contributed by atoms with E-state index < -0.39 is 12.0 Å². The molecule has 0 aliphatic rings. The zero-order valence-corrected chi connectivity index (χ0v) is 9.82. The van der Waals surface area contributed by atoms with Gasteiger partial charge in [-0.25, -0.2) is 4.79 Å². The fourth-order valence-corrected chi connectivity index (χ4v) is 1.49. The van der Waals surface area contributed by atoms with Crippen LogP contribution >= 0.6 is 15.9 Å². The standard InChI is InChI=1S/C10H12BrNO3/c1-15-10(14)9(6-13)12-8-5-3-2-4-7(8)11/h2-5,9,12-13H,6H2,1H3. The maximum atomic E-state index is 11.2. The van der Waals surface area contributed by atoms with Crippen LogP contribution in [0.3, 0.4) is 0 Å². The molecule has 0 saturated heterocycles. The molecule has 15 heavy (non-hydrogen) atoms. The summed E-state index contributed by atoms with van der Waals surface area (Å²) in [6, 6.07) is 6.60. The summed E-state index contributed by atoms with van der Waals surface area (Å²) in [6.45, 7) is -0.312. The molecule has 1 aromatic carbocycles. The number of rotatable bonds is 4. The van der Waals surface area contributed by atoms with Crippen molar-refractivity contribution in [1.82, 2.24) is 0 Å². The van der Waals surface area contributed by atoms with Crippen molar-refractivity contribution >= 4 is 27.6 Å². The first kappa shape index (κ1) is 12.0. The van der Waals surface area contributed by atoms with E-state index in [1.807, 2.05) is 18.2 Å². The third kappa shape index (κ3) is 3.21. The molecule has 2 N–H and O–H groups in total. The van der Waals surface area contributed by atoms with Crippen molar-refractivity contribution in [2.24, 2.45) is 0 Å². The van der Waals surface area contributed by atoms with Crippen LogP contribution in [0.2, 0.25) is 0 Å². The number of aliphatic hydroxyl groups excluding tert-OH is 1. The number of carbonyl (C=O) groups excluding carboxylic acids is 1. The highest BCUT2D eigenvalue weighted by Gasteiger charge is 2.18. The van der Waals surface area contributed by atoms with E-state index in [2.05, 4.69) is 26.0 Å². The number of aliphatic hydroxyl groups is 1. The summed E-state index contributed by atoms with van der Waals surface area (Å²) < 4.78 is 5.36. The molecular weight excluding hydrogens is 262 g/mol. The maximum Gasteiger partial charge on any atom is 0.330 e. The molecule has 0 amide bonds. The van der Waals surface area contributed by atoms with Gasteiger partial charge < -0.3 is 15.2 Å². The van der Waals surface area contributed by atoms with Gasteiger partial charge in [-0.1, -0.05) is 12.1 Å². The number of para-hydroxylation sites is 1. The van der Waals surface area contributed by atoms with Gasteiger partial charge in [-0.05, 0) is 28.1 Å². The SMILES string of the molecule is COC(=O)C(CO)Nc1ccccc1Br. The summed E-state index contributed by atoms with van der Waals surface area (Å²) in [5, 5.41) is 11.9. The molecule has 1 rings (SSSR count). The number of ether oxygens (including phenoxy) is 1. The van der Waals surface area contributed by atoms with E-state index in [1.165, 1.54) is 7.11 Å². The van der Waals surface area contributed by atoms with Gasteiger partial charge in [0.2, 0.25) is 0 Å². The minimum absolute atomic E-state index is 0.312. The van der Waals surface area contributed by atoms with E-state index >= 15 is 0 Å². The van der Waals surface area contributed by atoms with Gasteiger partial charge in [-0.2, -0.15) is 0 Å². The van der Waals surface area contributed by atoms with Crippen LogP contribution in [0.5, 0.6) is 0 Å². The van der Waals surface area contributed by atoms with E-state index in [9.17, 15) is 4.79 Å². The van der Waals surface area contributed by atoms with Crippen molar-refractivity contribution in [2.45, 2.75) is 6.04 Å². The van der Waals surface area contributed by atoms with E-state index in [0.717, 1.165) is 10.2 Å². The van der Waals surface area contributed by atoms with Crippen LogP contribution in [-0.2, 0) is 9.53 Å². The van der Waals surface area contributed by atoms with Crippen molar-refractivity contribution in [1.29, 1.82) is 0 Å². The smallest absolute Gasteiger partial charge is 0.330 e. The van der Waals surface area contributed by atoms with Gasteiger partial charge in [0.1, 0.15) is 6.04 Å². The lowest BCUT2D eigenvalue weighted by molar-refractivity contribution is -0.142. The fraction of sp³-hybridized carbons (Fsp3) is 0.300. The molecule has 1 aromatic rings. The van der Waals surface area contributed by atoms with Crippen LogP contribution in [0.4, 0.5) is 5.69 Å². The Morgan fingerprint density at radius 3 is 2.80 bits per heavy atom. The van der Waals surface area contributed by atoms with Gasteiger partial charge >= 0.3 is 5.97 Å². The van der Waals surface area contributed by atoms with Crippen LogP contribution in [0.15, 0.2) is 28.7 Å². The van der Waals surface area contributed by atoms with Crippen molar-refractivity contribution in [3.05, 3.63) is 28.7 Å². The van der Waals surface area contributed by atoms with Gasteiger partial charge in [-0.3, -0.25) is 0 Å². The van der Waals surface area contributed by atoms with Crippen LogP contribution in [0.1, 0.15) is 0 Å². The number of esters is 1. The quantitative estimate of drug-likeness (QED) is 0.815. The summed E-state index contributed by atoms with van der Waals surface area (Å²) in [6.07, 6.45) is 0. The molecule has 0 bridgehead atoms. The fourth-order valence-electron chi connectivity index (χ4n) is 1.09. The largest absolute Gasteiger partial charge is 0.467 e. The Hall–Kier alpha value is -1.07. The van der Waals surface area contributed by atoms with Gasteiger partial charge in [0, 0.05) is 10.2 Å². The van der Waals surface area contributed by atoms with Crippen molar-refractivity contribution in [3.63, 3.8) is 0 Å². The molecule has 0 radical (unpaired) electrons. The van der Waals surface area contributed by atoms with E-state index in [-0.39, 0.29) is 6.61 Å². The van der Waals surface area contributed by atoms with E-state index in [4.69, 9.17) is 5.11 Å². The number of nitrogens with one attached hydrogen (secondary N) is 1. The highest BCUT2D eigenvalue weighted by molar-refractivity contribution is 9.10. The molecule has 0 aliphatic heterocycles. The molecular formula is C10H12BrNO3. The highest BCUT2D eigenvalue weighted by atomic mass is 79.9. The Morgan fingerprint density at radius 1 is 1.60 bits per heavy atom. The van der Waals surface area contributed by atoms with Crippen molar-refractivity contribution in [3.8, 4) is 0 Å². The van der Waals surface area contributed by atoms with E-state index in [0.29, 0.717) is 0 Å². The Labute approximate surface area is 96.4 Å². The number of halogens is 1. The molecule has 0 spiro atoms. The predicted molar refractivity (Wildman–Crippen MR) is 60.7 cm³/mol. The first-order valence-electron chi connectivity index (χ1n) is 4.38. The van der Waals surface area contributed by atoms with Gasteiger partial charge in [0.25, 0.3) is 0 Å². The van der Waals surface area contributed by atoms with Crippen LogP contribution < -0.4 is 5.32 Å². The number of hydrogen-bond acceptors (Lipinski definition) is 4. The lowest BCUT2D eigenvalue weighted by Gasteiger charge is -2.15. The Kier molecular flexibility index (Phi) is 4.58. The first-order chi connectivity index (χ1) is 7.19. The predicted octanol–water partition coefficient (Wildman–Crippen LogP) is 1.39. The highest BCUT2D eigenvalue weighted by Crippen LogP contribution is 2.21. The zero-order valence-electron chi connectivity index (χ0n) is 8.24. The zero-order chi connectivity index (χ0) is 11.3. The second-order valence-electron chi connectivity index (χ2n) is 2.88. The number of benzene rings is 1. The molecule has 0 saturated carbocycles. The number of methoxy groups -OCH3 is 1. The molecule has 0 aromatic heterocycles. The van der Waals surface area contributed by atoms with Crippen LogP contribution in [-0.4, -0.2) is 30.8 Å². The molecule has 1 atom stereocenters. The first-order valence-corrected chi connectivity index (χ1v) is 5.18. The number of anilines is 1. The summed E-state index contributed by atoms with van der Waals surface area (Å²) >= 11 is 3.33. The third-order valence-corrected chi connectivity index (χ3v) is 2.56. The Morgan fingerprint density at radius 2 is 2.27 bits per heavy atom. The monoisotopic (exact) mass is 273 g/mol. The molecule has 0 fully saturated rings. The minimum Gasteiger partial charge on any atom is -0.467 e. The second kappa shape index (κ2) is 5.72. The number of hydrogen-bond donors (Lipinski definition) is 2. The van der Waals surface area contributed by atoms with E-state index in [1.54, 1.807) is 6.07 Å². The normalized spacial score (nSPS) is 11.9. The summed E-state index contributed by atoms with van der Waals surface area (Å²) in [5.74, 6) is -0.492. The Balaban J connectivity index is 2.75. The van der Waals surface area contributed by atoms with Gasteiger partial charge in [0.15, 0.2) is 0 Å². The molecule has 5 heteroatoms. The lowest BCUT2D eigenvalue weighted by Crippen LogP contribution is -2.34. The average molecular weight is 274 g/mol. The van der Waals surface area contributed by atoms with Crippen molar-refractivity contribution < 1.29 is 14.6 Å². The summed E-state index contributed by atoms with van der Waals surface area (Å²) in [7, 11) is 1.28. The van der Waals surface area contributed by atoms with Crippen molar-refractivity contribution in [2.75, 3.05) is 19.0 Å². The topological polar surface area (TPSA) is 58.6 Å². The molecule has 0 aliphatic carbocycles. The summed E-state index contributed by atoms with van der Waals surface area (Å²) in [5.41, 5.74) is 0.738. The summed E-state index contributed by atoms with van der Waals surface area (Å²) in [4.78, 5) is 11.2. The maximum absolute atomic E-state index is 11.2. The molecule has 82 valence electrons. The van der Waals surface area contributed by atoms with Gasteiger partial charge in [0.05, 0.1) is 13.7 Å². The second-order valence-corrected chi connectivity index (χ2v) is 3.74.